The third-order valence-corrected chi connectivity index (χ3v) is 8.12. The fourth-order valence-corrected chi connectivity index (χ4v) is 6.09. The van der Waals surface area contributed by atoms with Crippen molar-refractivity contribution in [1.29, 1.82) is 0 Å². The van der Waals surface area contributed by atoms with Crippen molar-refractivity contribution in [3.8, 4) is 5.75 Å². The first-order valence-electron chi connectivity index (χ1n) is 13.4. The Morgan fingerprint density at radius 2 is 1.67 bits per heavy atom. The number of nitrogens with zero attached hydrogens (tertiary/aromatic N) is 3. The lowest BCUT2D eigenvalue weighted by Gasteiger charge is -2.34. The van der Waals surface area contributed by atoms with Crippen molar-refractivity contribution in [2.75, 3.05) is 56.6 Å². The van der Waals surface area contributed by atoms with Gasteiger partial charge in [0.25, 0.3) is 0 Å². The molecular formula is C28H39N5O4S2. The van der Waals surface area contributed by atoms with E-state index in [1.807, 2.05) is 52.0 Å². The van der Waals surface area contributed by atoms with Crippen LogP contribution in [0.4, 0.5) is 5.69 Å². The summed E-state index contributed by atoms with van der Waals surface area (Å²) in [5, 5.41) is 4.09. The Balaban J connectivity index is 1.30. The average Bonchev–Trinajstić information content (AvgIpc) is 3.27. The first kappa shape index (κ1) is 29.4. The van der Waals surface area contributed by atoms with Crippen LogP contribution in [0.5, 0.6) is 5.75 Å². The SMILES string of the molecule is CC(C)c1cc(OS(C)(=O)=O)cc(C(C)C)c1NC(=O)CN1CCN(CCSc2nc3ccccc3[nH]2)CC1. The molecule has 1 aliphatic rings. The summed E-state index contributed by atoms with van der Waals surface area (Å²) in [6.45, 7) is 12.9. The quantitative estimate of drug-likeness (QED) is 0.255. The molecule has 3 aromatic rings. The standard InChI is InChI=1S/C28H39N5O4S2/c1-19(2)22-16-21(37-39(5,35)36)17-23(20(3)4)27(22)31-26(34)18-33-12-10-32(11-13-33)14-15-38-28-29-24-8-6-7-9-25(24)30-28/h6-9,16-17,19-20H,10-15,18H2,1-5H3,(H,29,30)(H,31,34). The molecule has 0 radical (unpaired) electrons. The van der Waals surface area contributed by atoms with Gasteiger partial charge in [0.1, 0.15) is 5.75 Å². The van der Waals surface area contributed by atoms with E-state index in [-0.39, 0.29) is 23.5 Å². The first-order valence-corrected chi connectivity index (χ1v) is 16.2. The summed E-state index contributed by atoms with van der Waals surface area (Å²) in [4.78, 5) is 25.7. The number of thioether (sulfide) groups is 1. The Labute approximate surface area is 235 Å². The molecule has 9 nitrogen and oxygen atoms in total. The maximum absolute atomic E-state index is 13.1. The van der Waals surface area contributed by atoms with Gasteiger partial charge in [0.2, 0.25) is 5.91 Å². The molecule has 39 heavy (non-hydrogen) atoms. The fourth-order valence-electron chi connectivity index (χ4n) is 4.76. The van der Waals surface area contributed by atoms with E-state index in [9.17, 15) is 13.2 Å². The van der Waals surface area contributed by atoms with E-state index in [4.69, 9.17) is 4.18 Å². The molecule has 1 saturated heterocycles. The number of piperazine rings is 1. The number of imidazole rings is 1. The van der Waals surface area contributed by atoms with E-state index in [2.05, 4.69) is 25.1 Å². The monoisotopic (exact) mass is 573 g/mol. The smallest absolute Gasteiger partial charge is 0.306 e. The van der Waals surface area contributed by atoms with Crippen LogP contribution in [0.2, 0.25) is 0 Å². The Morgan fingerprint density at radius 1 is 1.05 bits per heavy atom. The number of para-hydroxylation sites is 2. The lowest BCUT2D eigenvalue weighted by atomic mass is 9.92. The third kappa shape index (κ3) is 8.20. The summed E-state index contributed by atoms with van der Waals surface area (Å²) in [6, 6.07) is 11.5. The molecule has 0 unspecified atom stereocenters. The normalized spacial score (nSPS) is 15.4. The van der Waals surface area contributed by atoms with Crippen molar-refractivity contribution in [2.45, 2.75) is 44.7 Å². The number of anilines is 1. The molecule has 1 amide bonds. The molecule has 0 spiro atoms. The van der Waals surface area contributed by atoms with Gasteiger partial charge >= 0.3 is 10.1 Å². The van der Waals surface area contributed by atoms with E-state index in [1.54, 1.807) is 23.9 Å². The van der Waals surface area contributed by atoms with Gasteiger partial charge < -0.3 is 14.5 Å². The van der Waals surface area contributed by atoms with Gasteiger partial charge in [0.05, 0.1) is 23.8 Å². The number of H-pyrrole nitrogens is 1. The first-order chi connectivity index (χ1) is 18.5. The van der Waals surface area contributed by atoms with Crippen LogP contribution in [0, 0.1) is 0 Å². The summed E-state index contributed by atoms with van der Waals surface area (Å²) in [5.74, 6) is 1.31. The van der Waals surface area contributed by atoms with E-state index < -0.39 is 10.1 Å². The lowest BCUT2D eigenvalue weighted by Crippen LogP contribution is -2.49. The molecule has 1 aromatic heterocycles. The van der Waals surface area contributed by atoms with Crippen molar-refractivity contribution in [2.24, 2.45) is 0 Å². The predicted octanol–water partition coefficient (Wildman–Crippen LogP) is 4.50. The molecule has 212 valence electrons. The van der Waals surface area contributed by atoms with Crippen LogP contribution in [0.15, 0.2) is 41.6 Å². The highest BCUT2D eigenvalue weighted by Crippen LogP contribution is 2.37. The van der Waals surface area contributed by atoms with Gasteiger partial charge in [-0.25, -0.2) is 4.98 Å². The number of carbonyl (C=O) groups excluding carboxylic acids is 1. The number of carbonyl (C=O) groups is 1. The van der Waals surface area contributed by atoms with Crippen LogP contribution in [0.3, 0.4) is 0 Å². The van der Waals surface area contributed by atoms with E-state index in [1.165, 1.54) is 0 Å². The highest BCUT2D eigenvalue weighted by atomic mass is 32.2. The molecular weight excluding hydrogens is 534 g/mol. The number of fused-ring (bicyclic) bond motifs is 1. The molecule has 2 N–H and O–H groups in total. The highest BCUT2D eigenvalue weighted by molar-refractivity contribution is 7.99. The Kier molecular flexibility index (Phi) is 9.58. The van der Waals surface area contributed by atoms with Crippen LogP contribution in [0.25, 0.3) is 11.0 Å². The van der Waals surface area contributed by atoms with E-state index >= 15 is 0 Å². The number of hydrogen-bond donors (Lipinski definition) is 2. The second-order valence-corrected chi connectivity index (χ2v) is 13.3. The molecule has 0 bridgehead atoms. The van der Waals surface area contributed by atoms with E-state index in [0.29, 0.717) is 6.54 Å². The lowest BCUT2D eigenvalue weighted by molar-refractivity contribution is -0.117. The number of aromatic nitrogens is 2. The van der Waals surface area contributed by atoms with Crippen molar-refractivity contribution >= 4 is 44.5 Å². The number of hydrogen-bond acceptors (Lipinski definition) is 8. The third-order valence-electron chi connectivity index (χ3n) is 6.77. The maximum atomic E-state index is 13.1. The Hall–Kier alpha value is -2.60. The molecule has 11 heteroatoms. The number of benzene rings is 2. The van der Waals surface area contributed by atoms with Gasteiger partial charge in [0, 0.05) is 44.2 Å². The highest BCUT2D eigenvalue weighted by Gasteiger charge is 2.23. The van der Waals surface area contributed by atoms with Crippen molar-refractivity contribution < 1.29 is 17.4 Å². The average molecular weight is 574 g/mol. The van der Waals surface area contributed by atoms with Gasteiger partial charge in [0.15, 0.2) is 5.16 Å². The molecule has 2 heterocycles. The molecule has 0 saturated carbocycles. The Morgan fingerprint density at radius 3 is 2.26 bits per heavy atom. The summed E-state index contributed by atoms with van der Waals surface area (Å²) in [6.07, 6.45) is 1.03. The fraction of sp³-hybridized carbons (Fsp3) is 0.500. The van der Waals surface area contributed by atoms with Gasteiger partial charge in [-0.15, -0.1) is 0 Å². The topological polar surface area (TPSA) is 108 Å². The summed E-state index contributed by atoms with van der Waals surface area (Å²) in [5.41, 5.74) is 4.53. The number of nitrogens with one attached hydrogen (secondary N) is 2. The minimum atomic E-state index is -3.65. The molecule has 4 rings (SSSR count). The number of rotatable bonds is 11. The summed E-state index contributed by atoms with van der Waals surface area (Å²) < 4.78 is 28.6. The zero-order chi connectivity index (χ0) is 28.2. The molecule has 0 aliphatic carbocycles. The Bertz CT molecular complexity index is 1330. The van der Waals surface area contributed by atoms with Crippen LogP contribution in [-0.4, -0.2) is 85.4 Å². The molecule has 1 aliphatic heterocycles. The zero-order valence-corrected chi connectivity index (χ0v) is 25.0. The van der Waals surface area contributed by atoms with Crippen LogP contribution in [-0.2, 0) is 14.9 Å². The van der Waals surface area contributed by atoms with Gasteiger partial charge in [-0.2, -0.15) is 8.42 Å². The van der Waals surface area contributed by atoms with Crippen molar-refractivity contribution in [3.05, 3.63) is 47.5 Å². The predicted molar refractivity (Wildman–Crippen MR) is 158 cm³/mol. The molecule has 2 aromatic carbocycles. The molecule has 1 fully saturated rings. The second-order valence-electron chi connectivity index (χ2n) is 10.6. The number of amides is 1. The van der Waals surface area contributed by atoms with Gasteiger partial charge in [-0.05, 0) is 47.2 Å². The number of aromatic amines is 1. The van der Waals surface area contributed by atoms with E-state index in [0.717, 1.165) is 77.7 Å². The van der Waals surface area contributed by atoms with Gasteiger partial charge in [-0.3, -0.25) is 14.6 Å². The second kappa shape index (κ2) is 12.7. The minimum Gasteiger partial charge on any atom is -0.383 e. The summed E-state index contributed by atoms with van der Waals surface area (Å²) in [7, 11) is -3.65. The van der Waals surface area contributed by atoms with Crippen molar-refractivity contribution in [1.82, 2.24) is 19.8 Å². The zero-order valence-electron chi connectivity index (χ0n) is 23.4. The van der Waals surface area contributed by atoms with Crippen molar-refractivity contribution in [3.63, 3.8) is 0 Å². The van der Waals surface area contributed by atoms with Crippen LogP contribution >= 0.6 is 11.8 Å². The molecule has 0 atom stereocenters. The minimum absolute atomic E-state index is 0.0653. The van der Waals surface area contributed by atoms with Gasteiger partial charge in [-0.1, -0.05) is 51.6 Å². The maximum Gasteiger partial charge on any atom is 0.306 e. The van der Waals surface area contributed by atoms with Crippen LogP contribution in [0.1, 0.15) is 50.7 Å². The van der Waals surface area contributed by atoms with Crippen LogP contribution < -0.4 is 9.50 Å². The summed E-state index contributed by atoms with van der Waals surface area (Å²) >= 11 is 1.74. The largest absolute Gasteiger partial charge is 0.383 e.